The zero-order valence-corrected chi connectivity index (χ0v) is 17.2. The molecule has 1 saturated heterocycles. The summed E-state index contributed by atoms with van der Waals surface area (Å²) in [5, 5.41) is 0.701. The van der Waals surface area contributed by atoms with Crippen molar-refractivity contribution in [2.45, 2.75) is 24.8 Å². The smallest absolute Gasteiger partial charge is 0.226 e. The largest absolute Gasteiger partial charge is 0.341 e. The Labute approximate surface area is 170 Å². The Bertz CT molecular complexity index is 991. The molecule has 2 fully saturated rings. The van der Waals surface area contributed by atoms with Gasteiger partial charge in [0.1, 0.15) is 0 Å². The highest BCUT2D eigenvalue weighted by Crippen LogP contribution is 2.51. The number of nitrogens with one attached hydrogen (secondary N) is 1. The van der Waals surface area contributed by atoms with E-state index in [4.69, 9.17) is 11.6 Å². The normalized spacial score (nSPS) is 24.4. The van der Waals surface area contributed by atoms with Gasteiger partial charge in [-0.1, -0.05) is 48.0 Å². The standard InChI is InChI=1S/C21H23ClN2O3S/c1-28(26,27)23-16-10-11-24(13-16)21(25)20-12-19(20)18-5-3-2-4-17(18)14-6-8-15(22)9-7-14/h2-9,16,19-20,23H,10-13H2,1H3. The lowest BCUT2D eigenvalue weighted by Crippen LogP contribution is -2.38. The Kier molecular flexibility index (Phi) is 5.21. The maximum absolute atomic E-state index is 12.9. The second kappa shape index (κ2) is 7.50. The van der Waals surface area contributed by atoms with Gasteiger partial charge in [0.15, 0.2) is 0 Å². The summed E-state index contributed by atoms with van der Waals surface area (Å²) < 4.78 is 25.4. The first-order valence-corrected chi connectivity index (χ1v) is 11.7. The van der Waals surface area contributed by atoms with E-state index in [-0.39, 0.29) is 23.8 Å². The summed E-state index contributed by atoms with van der Waals surface area (Å²) in [5.74, 6) is 0.320. The topological polar surface area (TPSA) is 66.5 Å². The molecule has 1 aliphatic carbocycles. The van der Waals surface area contributed by atoms with Crippen molar-refractivity contribution in [2.75, 3.05) is 19.3 Å². The highest BCUT2D eigenvalue weighted by atomic mass is 35.5. The fourth-order valence-electron chi connectivity index (χ4n) is 4.12. The summed E-state index contributed by atoms with van der Waals surface area (Å²) in [7, 11) is -3.25. The van der Waals surface area contributed by atoms with Gasteiger partial charge in [-0.15, -0.1) is 0 Å². The molecule has 4 rings (SSSR count). The second-order valence-corrected chi connectivity index (χ2v) is 9.92. The van der Waals surface area contributed by atoms with Crippen LogP contribution in [0.1, 0.15) is 24.3 Å². The lowest BCUT2D eigenvalue weighted by Gasteiger charge is -2.17. The minimum atomic E-state index is -3.25. The summed E-state index contributed by atoms with van der Waals surface area (Å²) in [6.07, 6.45) is 2.66. The Morgan fingerprint density at radius 2 is 1.86 bits per heavy atom. The number of halogens is 1. The quantitative estimate of drug-likeness (QED) is 0.810. The van der Waals surface area contributed by atoms with Crippen LogP contribution in [0.5, 0.6) is 0 Å². The first-order chi connectivity index (χ1) is 13.3. The van der Waals surface area contributed by atoms with Gasteiger partial charge in [-0.05, 0) is 47.6 Å². The molecular formula is C21H23ClN2O3S. The Morgan fingerprint density at radius 1 is 1.14 bits per heavy atom. The van der Waals surface area contributed by atoms with Crippen molar-refractivity contribution in [3.8, 4) is 11.1 Å². The van der Waals surface area contributed by atoms with Crippen LogP contribution in [0.15, 0.2) is 48.5 Å². The predicted molar refractivity (Wildman–Crippen MR) is 111 cm³/mol. The van der Waals surface area contributed by atoms with Gasteiger partial charge in [-0.2, -0.15) is 0 Å². The van der Waals surface area contributed by atoms with Crippen molar-refractivity contribution in [3.63, 3.8) is 0 Å². The molecule has 3 atom stereocenters. The first kappa shape index (κ1) is 19.4. The average molecular weight is 419 g/mol. The van der Waals surface area contributed by atoms with E-state index in [9.17, 15) is 13.2 Å². The maximum atomic E-state index is 12.9. The van der Waals surface area contributed by atoms with E-state index >= 15 is 0 Å². The SMILES string of the molecule is CS(=O)(=O)NC1CCN(C(=O)C2CC2c2ccccc2-c2ccc(Cl)cc2)C1. The molecule has 28 heavy (non-hydrogen) atoms. The summed E-state index contributed by atoms with van der Waals surface area (Å²) in [6, 6.07) is 15.8. The number of carbonyl (C=O) groups is 1. The van der Waals surface area contributed by atoms with Crippen LogP contribution >= 0.6 is 11.6 Å². The van der Waals surface area contributed by atoms with Crippen molar-refractivity contribution >= 4 is 27.5 Å². The molecule has 0 aromatic heterocycles. The van der Waals surface area contributed by atoms with Crippen molar-refractivity contribution in [2.24, 2.45) is 5.92 Å². The number of nitrogens with zero attached hydrogens (tertiary/aromatic N) is 1. The first-order valence-electron chi connectivity index (χ1n) is 9.43. The molecule has 2 aromatic rings. The number of sulfonamides is 1. The van der Waals surface area contributed by atoms with Crippen LogP contribution in [-0.2, 0) is 14.8 Å². The summed E-state index contributed by atoms with van der Waals surface area (Å²) in [6.45, 7) is 1.06. The molecule has 1 N–H and O–H groups in total. The minimum Gasteiger partial charge on any atom is -0.341 e. The van der Waals surface area contributed by atoms with E-state index in [1.807, 2.05) is 36.4 Å². The summed E-state index contributed by atoms with van der Waals surface area (Å²) in [4.78, 5) is 14.7. The van der Waals surface area contributed by atoms with E-state index in [1.165, 1.54) is 5.56 Å². The van der Waals surface area contributed by atoms with Crippen LogP contribution in [0.3, 0.4) is 0 Å². The van der Waals surface area contributed by atoms with Crippen molar-refractivity contribution in [3.05, 3.63) is 59.1 Å². The van der Waals surface area contributed by atoms with Crippen LogP contribution in [0.25, 0.3) is 11.1 Å². The van der Waals surface area contributed by atoms with Crippen molar-refractivity contribution < 1.29 is 13.2 Å². The number of likely N-dealkylation sites (tertiary alicyclic amines) is 1. The van der Waals surface area contributed by atoms with Crippen LogP contribution in [0.2, 0.25) is 5.02 Å². The number of hydrogen-bond acceptors (Lipinski definition) is 3. The molecule has 1 saturated carbocycles. The lowest BCUT2D eigenvalue weighted by atomic mass is 9.96. The van der Waals surface area contributed by atoms with E-state index in [0.29, 0.717) is 24.5 Å². The number of benzene rings is 2. The van der Waals surface area contributed by atoms with Gasteiger partial charge in [-0.3, -0.25) is 4.79 Å². The maximum Gasteiger partial charge on any atom is 0.226 e. The van der Waals surface area contributed by atoms with Crippen molar-refractivity contribution in [1.82, 2.24) is 9.62 Å². The van der Waals surface area contributed by atoms with Gasteiger partial charge in [0.25, 0.3) is 0 Å². The molecular weight excluding hydrogens is 396 g/mol. The lowest BCUT2D eigenvalue weighted by molar-refractivity contribution is -0.131. The molecule has 1 amide bonds. The Balaban J connectivity index is 1.46. The fraction of sp³-hybridized carbons (Fsp3) is 0.381. The van der Waals surface area contributed by atoms with Crippen LogP contribution < -0.4 is 4.72 Å². The van der Waals surface area contributed by atoms with E-state index in [0.717, 1.165) is 23.8 Å². The number of hydrogen-bond donors (Lipinski definition) is 1. The molecule has 0 bridgehead atoms. The average Bonchev–Trinajstić information content (AvgIpc) is 3.32. The van der Waals surface area contributed by atoms with E-state index in [1.54, 1.807) is 4.90 Å². The van der Waals surface area contributed by atoms with Gasteiger partial charge in [0.2, 0.25) is 15.9 Å². The monoisotopic (exact) mass is 418 g/mol. The number of amides is 1. The second-order valence-electron chi connectivity index (χ2n) is 7.70. The molecule has 3 unspecified atom stereocenters. The molecule has 2 aliphatic rings. The highest BCUT2D eigenvalue weighted by Gasteiger charge is 2.47. The predicted octanol–water partition coefficient (Wildman–Crippen LogP) is 3.26. The molecule has 1 heterocycles. The van der Waals surface area contributed by atoms with Gasteiger partial charge < -0.3 is 4.90 Å². The molecule has 148 valence electrons. The Morgan fingerprint density at radius 3 is 2.57 bits per heavy atom. The third kappa shape index (κ3) is 4.24. The third-order valence-corrected chi connectivity index (χ3v) is 6.52. The van der Waals surface area contributed by atoms with Gasteiger partial charge in [-0.25, -0.2) is 13.1 Å². The molecule has 7 heteroatoms. The molecule has 0 radical (unpaired) electrons. The molecule has 0 spiro atoms. The number of rotatable bonds is 5. The molecule has 1 aliphatic heterocycles. The zero-order chi connectivity index (χ0) is 19.9. The van der Waals surface area contributed by atoms with Crippen LogP contribution in [0.4, 0.5) is 0 Å². The molecule has 5 nitrogen and oxygen atoms in total. The van der Waals surface area contributed by atoms with Gasteiger partial charge in [0.05, 0.1) is 6.26 Å². The third-order valence-electron chi connectivity index (χ3n) is 5.50. The van der Waals surface area contributed by atoms with Crippen molar-refractivity contribution in [1.29, 1.82) is 0 Å². The Hall–Kier alpha value is -1.89. The fourth-order valence-corrected chi connectivity index (χ4v) is 5.04. The van der Waals surface area contributed by atoms with Crippen LogP contribution in [-0.4, -0.2) is 44.6 Å². The van der Waals surface area contributed by atoms with E-state index in [2.05, 4.69) is 16.9 Å². The minimum absolute atomic E-state index is 0.0227. The molecule has 2 aromatic carbocycles. The van der Waals surface area contributed by atoms with E-state index < -0.39 is 10.0 Å². The number of carbonyl (C=O) groups excluding carboxylic acids is 1. The van der Waals surface area contributed by atoms with Gasteiger partial charge >= 0.3 is 0 Å². The van der Waals surface area contributed by atoms with Crippen LogP contribution in [0, 0.1) is 5.92 Å². The van der Waals surface area contributed by atoms with Gasteiger partial charge in [0, 0.05) is 30.1 Å². The highest BCUT2D eigenvalue weighted by molar-refractivity contribution is 7.88. The summed E-state index contributed by atoms with van der Waals surface area (Å²) in [5.41, 5.74) is 3.42. The zero-order valence-electron chi connectivity index (χ0n) is 15.6. The summed E-state index contributed by atoms with van der Waals surface area (Å²) >= 11 is 6.01.